The van der Waals surface area contributed by atoms with E-state index in [4.69, 9.17) is 10.4 Å². The van der Waals surface area contributed by atoms with Gasteiger partial charge >= 0.3 is 5.97 Å². The van der Waals surface area contributed by atoms with Crippen molar-refractivity contribution < 1.29 is 15.0 Å². The molecule has 2 N–H and O–H groups in total. The van der Waals surface area contributed by atoms with Gasteiger partial charge in [-0.25, -0.2) is 4.79 Å². The van der Waals surface area contributed by atoms with Crippen LogP contribution < -0.4 is 4.90 Å². The molecule has 0 aliphatic heterocycles. The summed E-state index contributed by atoms with van der Waals surface area (Å²) < 4.78 is 0. The first-order valence-corrected chi connectivity index (χ1v) is 8.18. The Bertz CT molecular complexity index is 1000. The lowest BCUT2D eigenvalue weighted by molar-refractivity contribution is -0.132. The highest BCUT2D eigenvalue weighted by Crippen LogP contribution is 2.35. The van der Waals surface area contributed by atoms with Crippen LogP contribution in [0.4, 0.5) is 17.1 Å². The number of nitriles is 1. The first-order valence-electron chi connectivity index (χ1n) is 8.18. The van der Waals surface area contributed by atoms with Crippen LogP contribution in [0.25, 0.3) is 6.08 Å². The SMILES string of the molecule is N#C/C(=C\c1ccc(N(c2ccccc2)c2ccc(O)cc2)cc1)C(=O)O. The molecule has 3 aromatic carbocycles. The van der Waals surface area contributed by atoms with Crippen molar-refractivity contribution in [1.82, 2.24) is 0 Å². The maximum Gasteiger partial charge on any atom is 0.346 e. The van der Waals surface area contributed by atoms with E-state index in [0.29, 0.717) is 5.56 Å². The molecule has 5 nitrogen and oxygen atoms in total. The third-order valence-electron chi connectivity index (χ3n) is 3.94. The Morgan fingerprint density at radius 2 is 1.37 bits per heavy atom. The molecule has 0 aliphatic rings. The van der Waals surface area contributed by atoms with E-state index in [2.05, 4.69) is 0 Å². The molecule has 0 fully saturated rings. The second-order valence-electron chi connectivity index (χ2n) is 5.75. The van der Waals surface area contributed by atoms with Gasteiger partial charge in [-0.15, -0.1) is 0 Å². The largest absolute Gasteiger partial charge is 0.508 e. The lowest BCUT2D eigenvalue weighted by Crippen LogP contribution is -2.09. The zero-order valence-corrected chi connectivity index (χ0v) is 14.3. The van der Waals surface area contributed by atoms with Gasteiger partial charge < -0.3 is 15.1 Å². The van der Waals surface area contributed by atoms with Gasteiger partial charge in [-0.2, -0.15) is 5.26 Å². The van der Waals surface area contributed by atoms with E-state index in [1.165, 1.54) is 6.08 Å². The molecule has 5 heteroatoms. The second kappa shape index (κ2) is 7.89. The van der Waals surface area contributed by atoms with Crippen molar-refractivity contribution in [3.05, 3.63) is 90.0 Å². The van der Waals surface area contributed by atoms with Crippen LogP contribution in [0, 0.1) is 11.3 Å². The number of benzene rings is 3. The molecule has 3 aromatic rings. The van der Waals surface area contributed by atoms with Crippen molar-refractivity contribution in [3.63, 3.8) is 0 Å². The van der Waals surface area contributed by atoms with Gasteiger partial charge in [-0.3, -0.25) is 0 Å². The second-order valence-corrected chi connectivity index (χ2v) is 5.75. The molecule has 0 unspecified atom stereocenters. The molecular formula is C22H16N2O3. The molecule has 0 atom stereocenters. The summed E-state index contributed by atoms with van der Waals surface area (Å²) in [6.45, 7) is 0. The molecule has 132 valence electrons. The van der Waals surface area contributed by atoms with Crippen molar-refractivity contribution in [2.45, 2.75) is 0 Å². The predicted octanol–water partition coefficient (Wildman–Crippen LogP) is 4.85. The molecule has 27 heavy (non-hydrogen) atoms. The lowest BCUT2D eigenvalue weighted by Gasteiger charge is -2.25. The van der Waals surface area contributed by atoms with Crippen molar-refractivity contribution in [2.24, 2.45) is 0 Å². The van der Waals surface area contributed by atoms with E-state index in [-0.39, 0.29) is 11.3 Å². The van der Waals surface area contributed by atoms with Gasteiger partial charge in [-0.1, -0.05) is 30.3 Å². The molecule has 0 spiro atoms. The molecule has 0 radical (unpaired) electrons. The molecule has 0 bridgehead atoms. The van der Waals surface area contributed by atoms with E-state index < -0.39 is 5.97 Å². The number of aromatic hydroxyl groups is 1. The molecule has 0 saturated heterocycles. The number of phenols is 1. The summed E-state index contributed by atoms with van der Waals surface area (Å²) in [5, 5.41) is 27.4. The Morgan fingerprint density at radius 1 is 0.852 bits per heavy atom. The number of carboxylic acids is 1. The van der Waals surface area contributed by atoms with E-state index in [0.717, 1.165) is 17.1 Å². The van der Waals surface area contributed by atoms with Crippen LogP contribution in [0.2, 0.25) is 0 Å². The highest BCUT2D eigenvalue weighted by molar-refractivity contribution is 5.96. The average molecular weight is 356 g/mol. The van der Waals surface area contributed by atoms with Crippen LogP contribution >= 0.6 is 0 Å². The first kappa shape index (κ1) is 17.8. The normalized spacial score (nSPS) is 10.9. The van der Waals surface area contributed by atoms with Crippen LogP contribution in [-0.2, 0) is 4.79 Å². The number of carboxylic acid groups (broad SMARTS) is 1. The number of rotatable bonds is 5. The molecule has 0 saturated carbocycles. The monoisotopic (exact) mass is 356 g/mol. The van der Waals surface area contributed by atoms with Gasteiger partial charge in [0, 0.05) is 17.1 Å². The lowest BCUT2D eigenvalue weighted by atomic mass is 10.1. The molecule has 0 aromatic heterocycles. The van der Waals surface area contributed by atoms with Gasteiger partial charge in [0.1, 0.15) is 17.4 Å². The van der Waals surface area contributed by atoms with Crippen molar-refractivity contribution in [2.75, 3.05) is 4.90 Å². The van der Waals surface area contributed by atoms with Gasteiger partial charge in [0.05, 0.1) is 0 Å². The van der Waals surface area contributed by atoms with E-state index in [1.807, 2.05) is 59.5 Å². The summed E-state index contributed by atoms with van der Waals surface area (Å²) in [7, 11) is 0. The fraction of sp³-hybridized carbons (Fsp3) is 0. The van der Waals surface area contributed by atoms with E-state index in [9.17, 15) is 9.90 Å². The topological polar surface area (TPSA) is 84.6 Å². The van der Waals surface area contributed by atoms with Gasteiger partial charge in [0.15, 0.2) is 0 Å². The standard InChI is InChI=1S/C22H16N2O3/c23-15-17(22(26)27)14-16-6-8-19(9-7-16)24(18-4-2-1-3-5-18)20-10-12-21(25)13-11-20/h1-14,25H,(H,26,27)/b17-14+. The number of nitrogens with zero attached hydrogens (tertiary/aromatic N) is 2. The number of hydrogen-bond donors (Lipinski definition) is 2. The zero-order valence-electron chi connectivity index (χ0n) is 14.3. The number of carbonyl (C=O) groups is 1. The molecule has 0 amide bonds. The summed E-state index contributed by atoms with van der Waals surface area (Å²) in [5.41, 5.74) is 2.97. The van der Waals surface area contributed by atoms with E-state index >= 15 is 0 Å². The molecule has 3 rings (SSSR count). The maximum atomic E-state index is 11.0. The van der Waals surface area contributed by atoms with Crippen LogP contribution in [0.15, 0.2) is 84.4 Å². The highest BCUT2D eigenvalue weighted by atomic mass is 16.4. The van der Waals surface area contributed by atoms with Crippen molar-refractivity contribution in [3.8, 4) is 11.8 Å². The van der Waals surface area contributed by atoms with Crippen molar-refractivity contribution in [1.29, 1.82) is 5.26 Å². The Hall–Kier alpha value is -4.04. The third kappa shape index (κ3) is 4.14. The Labute approximate surface area is 156 Å². The fourth-order valence-corrected chi connectivity index (χ4v) is 2.65. The minimum absolute atomic E-state index is 0.185. The first-order chi connectivity index (χ1) is 13.1. The summed E-state index contributed by atoms with van der Waals surface area (Å²) in [6.07, 6.45) is 1.33. The van der Waals surface area contributed by atoms with Gasteiger partial charge in [0.25, 0.3) is 0 Å². The molecular weight excluding hydrogens is 340 g/mol. The van der Waals surface area contributed by atoms with Crippen LogP contribution in [0.5, 0.6) is 5.75 Å². The Balaban J connectivity index is 2.02. The van der Waals surface area contributed by atoms with E-state index in [1.54, 1.807) is 30.3 Å². The van der Waals surface area contributed by atoms with Crippen LogP contribution in [0.3, 0.4) is 0 Å². The minimum Gasteiger partial charge on any atom is -0.508 e. The third-order valence-corrected chi connectivity index (χ3v) is 3.94. The molecule has 0 aliphatic carbocycles. The van der Waals surface area contributed by atoms with Crippen LogP contribution in [-0.4, -0.2) is 16.2 Å². The zero-order chi connectivity index (χ0) is 19.2. The fourth-order valence-electron chi connectivity index (χ4n) is 2.65. The summed E-state index contributed by atoms with van der Waals surface area (Å²) in [4.78, 5) is 13.0. The van der Waals surface area contributed by atoms with Gasteiger partial charge in [0.2, 0.25) is 0 Å². The number of aliphatic carboxylic acids is 1. The maximum absolute atomic E-state index is 11.0. The predicted molar refractivity (Wildman–Crippen MR) is 104 cm³/mol. The number of phenolic OH excluding ortho intramolecular Hbond substituents is 1. The smallest absolute Gasteiger partial charge is 0.346 e. The number of hydrogen-bond acceptors (Lipinski definition) is 4. The van der Waals surface area contributed by atoms with Crippen LogP contribution in [0.1, 0.15) is 5.56 Å². The summed E-state index contributed by atoms with van der Waals surface area (Å²) in [5.74, 6) is -1.07. The molecule has 0 heterocycles. The average Bonchev–Trinajstić information content (AvgIpc) is 2.69. The van der Waals surface area contributed by atoms with Gasteiger partial charge in [-0.05, 0) is 60.2 Å². The highest BCUT2D eigenvalue weighted by Gasteiger charge is 2.12. The quantitative estimate of drug-likeness (QED) is 0.504. The number of para-hydroxylation sites is 1. The summed E-state index contributed by atoms with van der Waals surface area (Å²) in [6, 6.07) is 25.5. The Morgan fingerprint density at radius 3 is 1.89 bits per heavy atom. The van der Waals surface area contributed by atoms with Crippen molar-refractivity contribution >= 4 is 29.1 Å². The number of anilines is 3. The minimum atomic E-state index is -1.25. The summed E-state index contributed by atoms with van der Waals surface area (Å²) >= 11 is 0. The Kier molecular flexibility index (Phi) is 5.20.